The van der Waals surface area contributed by atoms with E-state index in [0.717, 1.165) is 24.0 Å². The molecular formula is C15H20O3. The molecule has 3 rings (SSSR count). The lowest BCUT2D eigenvalue weighted by Gasteiger charge is -2.48. The average Bonchev–Trinajstić information content (AvgIpc) is 2.58. The summed E-state index contributed by atoms with van der Waals surface area (Å²) in [6.07, 6.45) is 3.11. The number of ether oxygens (including phenoxy) is 1. The zero-order valence-electron chi connectivity index (χ0n) is 11.3. The number of fused-ring (bicyclic) bond motifs is 2. The molecule has 1 heterocycles. The van der Waals surface area contributed by atoms with Crippen molar-refractivity contribution in [1.82, 2.24) is 0 Å². The van der Waals surface area contributed by atoms with Gasteiger partial charge in [-0.1, -0.05) is 13.8 Å². The summed E-state index contributed by atoms with van der Waals surface area (Å²) in [4.78, 5) is 23.9. The van der Waals surface area contributed by atoms with Gasteiger partial charge in [0.2, 0.25) is 0 Å². The van der Waals surface area contributed by atoms with Gasteiger partial charge >= 0.3 is 5.97 Å². The molecule has 0 spiro atoms. The molecule has 2 aliphatic carbocycles. The molecule has 3 aliphatic rings. The van der Waals surface area contributed by atoms with E-state index in [1.807, 2.05) is 6.92 Å². The second-order valence-corrected chi connectivity index (χ2v) is 6.42. The Morgan fingerprint density at radius 2 is 2.06 bits per heavy atom. The molecule has 0 radical (unpaired) electrons. The number of ketones is 1. The lowest BCUT2D eigenvalue weighted by Crippen LogP contribution is -2.49. The minimum atomic E-state index is -0.281. The van der Waals surface area contributed by atoms with Crippen molar-refractivity contribution >= 4 is 11.8 Å². The zero-order valence-corrected chi connectivity index (χ0v) is 11.3. The lowest BCUT2D eigenvalue weighted by molar-refractivity contribution is -0.149. The minimum Gasteiger partial charge on any atom is -0.454 e. The Balaban J connectivity index is 1.99. The molecule has 18 heavy (non-hydrogen) atoms. The monoisotopic (exact) mass is 248 g/mol. The van der Waals surface area contributed by atoms with E-state index in [9.17, 15) is 9.59 Å². The third-order valence-corrected chi connectivity index (χ3v) is 5.44. The van der Waals surface area contributed by atoms with E-state index in [2.05, 4.69) is 13.8 Å². The van der Waals surface area contributed by atoms with Crippen LogP contribution in [0.25, 0.3) is 0 Å². The molecule has 0 aromatic rings. The minimum absolute atomic E-state index is 0.131. The van der Waals surface area contributed by atoms with E-state index in [-0.39, 0.29) is 17.5 Å². The van der Waals surface area contributed by atoms with Crippen LogP contribution in [0.2, 0.25) is 0 Å². The van der Waals surface area contributed by atoms with Crippen LogP contribution in [0.15, 0.2) is 11.1 Å². The first-order valence-electron chi connectivity index (χ1n) is 6.87. The third kappa shape index (κ3) is 1.42. The second-order valence-electron chi connectivity index (χ2n) is 6.42. The van der Waals surface area contributed by atoms with Gasteiger partial charge in [-0.2, -0.15) is 0 Å². The number of carbonyl (C=O) groups is 2. The van der Waals surface area contributed by atoms with Gasteiger partial charge < -0.3 is 4.74 Å². The van der Waals surface area contributed by atoms with Crippen LogP contribution < -0.4 is 0 Å². The largest absolute Gasteiger partial charge is 0.454 e. The quantitative estimate of drug-likeness (QED) is 0.619. The molecule has 0 N–H and O–H groups in total. The first-order chi connectivity index (χ1) is 8.43. The maximum absolute atomic E-state index is 12.3. The molecule has 3 nitrogen and oxygen atoms in total. The molecule has 2 fully saturated rings. The number of esters is 1. The summed E-state index contributed by atoms with van der Waals surface area (Å²) in [7, 11) is 0. The van der Waals surface area contributed by atoms with Gasteiger partial charge in [0.15, 0.2) is 0 Å². The van der Waals surface area contributed by atoms with E-state index >= 15 is 0 Å². The smallest absolute Gasteiger partial charge is 0.334 e. The maximum atomic E-state index is 12.3. The fraction of sp³-hybridized carbons (Fsp3) is 0.733. The molecule has 0 aromatic heterocycles. The zero-order chi connectivity index (χ0) is 13.1. The Morgan fingerprint density at radius 3 is 2.78 bits per heavy atom. The van der Waals surface area contributed by atoms with Crippen molar-refractivity contribution in [2.24, 2.45) is 17.3 Å². The predicted octanol–water partition coefficient (Wildman–Crippen LogP) is 2.64. The van der Waals surface area contributed by atoms with E-state index in [0.29, 0.717) is 30.5 Å². The molecular weight excluding hydrogens is 228 g/mol. The predicted molar refractivity (Wildman–Crippen MR) is 66.8 cm³/mol. The van der Waals surface area contributed by atoms with Crippen LogP contribution in [0.3, 0.4) is 0 Å². The summed E-state index contributed by atoms with van der Waals surface area (Å²) in [5, 5.41) is 0. The van der Waals surface area contributed by atoms with Crippen LogP contribution in [0.5, 0.6) is 0 Å². The molecule has 0 aromatic carbocycles. The Kier molecular flexibility index (Phi) is 2.45. The lowest BCUT2D eigenvalue weighted by atomic mass is 9.55. The SMILES string of the molecule is CC1=C2C[C@H]3[C@@H](C)CCC(=O)[C@]3(C)C[C@H]2OC1=O. The first-order valence-corrected chi connectivity index (χ1v) is 6.87. The van der Waals surface area contributed by atoms with Gasteiger partial charge in [0.1, 0.15) is 11.9 Å². The maximum Gasteiger partial charge on any atom is 0.334 e. The van der Waals surface area contributed by atoms with Gasteiger partial charge in [-0.3, -0.25) is 4.79 Å². The Bertz CT molecular complexity index is 462. The Morgan fingerprint density at radius 1 is 1.33 bits per heavy atom. The fourth-order valence-electron chi connectivity index (χ4n) is 4.10. The van der Waals surface area contributed by atoms with E-state index in [4.69, 9.17) is 4.74 Å². The number of carbonyl (C=O) groups excluding carboxylic acids is 2. The topological polar surface area (TPSA) is 43.4 Å². The van der Waals surface area contributed by atoms with Crippen molar-refractivity contribution in [3.05, 3.63) is 11.1 Å². The standard InChI is InChI=1S/C15H20O3/c1-8-4-5-13(16)15(3)7-12-10(6-11(8)15)9(2)14(17)18-12/h8,11-12H,4-7H2,1-3H3/t8-,11-,12+,15+/m0/s1. The molecule has 3 heteroatoms. The van der Waals surface area contributed by atoms with E-state index in [1.54, 1.807) is 0 Å². The first kappa shape index (κ1) is 11.9. The summed E-state index contributed by atoms with van der Waals surface area (Å²) >= 11 is 0. The average molecular weight is 248 g/mol. The summed E-state index contributed by atoms with van der Waals surface area (Å²) in [5.74, 6) is 1.13. The summed E-state index contributed by atoms with van der Waals surface area (Å²) < 4.78 is 5.41. The molecule has 0 amide bonds. The molecule has 0 bridgehead atoms. The third-order valence-electron chi connectivity index (χ3n) is 5.44. The van der Waals surface area contributed by atoms with E-state index in [1.165, 1.54) is 0 Å². The summed E-state index contributed by atoms with van der Waals surface area (Å²) in [6.45, 7) is 6.17. The van der Waals surface area contributed by atoms with Gasteiger partial charge in [0.05, 0.1) is 0 Å². The summed E-state index contributed by atoms with van der Waals surface area (Å²) in [6, 6.07) is 0. The van der Waals surface area contributed by atoms with Crippen molar-refractivity contribution in [3.63, 3.8) is 0 Å². The van der Waals surface area contributed by atoms with Crippen molar-refractivity contribution in [3.8, 4) is 0 Å². The van der Waals surface area contributed by atoms with Crippen LogP contribution in [0, 0.1) is 17.3 Å². The highest BCUT2D eigenvalue weighted by Gasteiger charge is 2.54. The highest BCUT2D eigenvalue weighted by molar-refractivity contribution is 5.92. The van der Waals surface area contributed by atoms with Crippen molar-refractivity contribution < 1.29 is 14.3 Å². The van der Waals surface area contributed by atoms with Gasteiger partial charge in [-0.15, -0.1) is 0 Å². The van der Waals surface area contributed by atoms with E-state index < -0.39 is 0 Å². The molecule has 0 saturated heterocycles. The normalized spacial score (nSPS) is 43.6. The van der Waals surface area contributed by atoms with Crippen LogP contribution >= 0.6 is 0 Å². The number of hydrogen-bond acceptors (Lipinski definition) is 3. The van der Waals surface area contributed by atoms with Crippen LogP contribution in [-0.2, 0) is 14.3 Å². The highest BCUT2D eigenvalue weighted by atomic mass is 16.5. The number of hydrogen-bond donors (Lipinski definition) is 0. The molecule has 1 aliphatic heterocycles. The highest BCUT2D eigenvalue weighted by Crippen LogP contribution is 2.54. The van der Waals surface area contributed by atoms with Crippen molar-refractivity contribution in [2.45, 2.75) is 52.6 Å². The summed E-state index contributed by atoms with van der Waals surface area (Å²) in [5.41, 5.74) is 1.66. The van der Waals surface area contributed by atoms with Gasteiger partial charge in [-0.05, 0) is 37.2 Å². The number of rotatable bonds is 0. The van der Waals surface area contributed by atoms with Gasteiger partial charge in [0.25, 0.3) is 0 Å². The molecule has 98 valence electrons. The Labute approximate surface area is 108 Å². The number of Topliss-reactive ketones (excluding diaryl/α,β-unsaturated/α-hetero) is 1. The van der Waals surface area contributed by atoms with Crippen LogP contribution in [-0.4, -0.2) is 17.9 Å². The molecule has 2 saturated carbocycles. The van der Waals surface area contributed by atoms with Gasteiger partial charge in [0, 0.05) is 23.8 Å². The van der Waals surface area contributed by atoms with Crippen LogP contribution in [0.1, 0.15) is 46.5 Å². The van der Waals surface area contributed by atoms with Crippen molar-refractivity contribution in [2.75, 3.05) is 0 Å². The van der Waals surface area contributed by atoms with Crippen LogP contribution in [0.4, 0.5) is 0 Å². The molecule has 4 atom stereocenters. The van der Waals surface area contributed by atoms with Crippen molar-refractivity contribution in [1.29, 1.82) is 0 Å². The second kappa shape index (κ2) is 3.69. The van der Waals surface area contributed by atoms with Gasteiger partial charge in [-0.25, -0.2) is 4.79 Å². The Hall–Kier alpha value is -1.12. The molecule has 0 unspecified atom stereocenters. The fourth-order valence-corrected chi connectivity index (χ4v) is 4.10.